The molecule has 0 radical (unpaired) electrons. The second-order valence-corrected chi connectivity index (χ2v) is 9.55. The fourth-order valence-corrected chi connectivity index (χ4v) is 5.01. The quantitative estimate of drug-likeness (QED) is 0.674. The number of nitrogens with one attached hydrogen (secondary N) is 1. The Morgan fingerprint density at radius 3 is 2.62 bits per heavy atom. The number of carbonyl (C=O) groups excluding carboxylic acids is 2. The van der Waals surface area contributed by atoms with Crippen molar-refractivity contribution < 1.29 is 22.7 Å². The molecule has 3 rings (SSSR count). The van der Waals surface area contributed by atoms with Crippen LogP contribution >= 0.6 is 11.3 Å². The van der Waals surface area contributed by atoms with Crippen LogP contribution in [0.3, 0.4) is 0 Å². The largest absolute Gasteiger partial charge is 0.466 e. The van der Waals surface area contributed by atoms with Crippen LogP contribution in [0.2, 0.25) is 0 Å². The van der Waals surface area contributed by atoms with Gasteiger partial charge in [0.05, 0.1) is 17.4 Å². The normalized spacial score (nSPS) is 15.3. The molecule has 9 heteroatoms. The summed E-state index contributed by atoms with van der Waals surface area (Å²) in [5, 5.41) is 1.88. The highest BCUT2D eigenvalue weighted by Gasteiger charge is 2.29. The van der Waals surface area contributed by atoms with Crippen molar-refractivity contribution in [2.75, 3.05) is 19.7 Å². The van der Waals surface area contributed by atoms with Crippen LogP contribution in [0.4, 0.5) is 0 Å². The van der Waals surface area contributed by atoms with Gasteiger partial charge in [0.1, 0.15) is 0 Å². The van der Waals surface area contributed by atoms with Crippen LogP contribution in [0.1, 0.15) is 35.0 Å². The first-order valence-corrected chi connectivity index (χ1v) is 11.8. The second-order valence-electron chi connectivity index (χ2n) is 6.75. The van der Waals surface area contributed by atoms with E-state index >= 15 is 0 Å². The smallest absolute Gasteiger partial charge is 0.309 e. The van der Waals surface area contributed by atoms with E-state index in [0.29, 0.717) is 38.1 Å². The van der Waals surface area contributed by atoms with Gasteiger partial charge in [0.25, 0.3) is 5.91 Å². The fourth-order valence-electron chi connectivity index (χ4n) is 3.22. The number of benzene rings is 1. The number of hydrogen-bond donors (Lipinski definition) is 1. The van der Waals surface area contributed by atoms with Crippen molar-refractivity contribution in [3.8, 4) is 0 Å². The number of carbonyl (C=O) groups is 2. The van der Waals surface area contributed by atoms with E-state index < -0.39 is 10.0 Å². The predicted octanol–water partition coefficient (Wildman–Crippen LogP) is 2.64. The Morgan fingerprint density at radius 2 is 1.97 bits per heavy atom. The Hall–Kier alpha value is -2.23. The van der Waals surface area contributed by atoms with Crippen molar-refractivity contribution in [3.63, 3.8) is 0 Å². The molecule has 2 aromatic rings. The lowest BCUT2D eigenvalue weighted by atomic mass is 9.96. The number of nitrogens with zero attached hydrogens (tertiary/aromatic N) is 1. The van der Waals surface area contributed by atoms with Crippen molar-refractivity contribution in [2.24, 2.45) is 5.92 Å². The van der Waals surface area contributed by atoms with E-state index in [-0.39, 0.29) is 29.2 Å². The molecule has 1 aliphatic heterocycles. The lowest BCUT2D eigenvalue weighted by molar-refractivity contribution is -0.149. The van der Waals surface area contributed by atoms with E-state index in [1.54, 1.807) is 24.0 Å². The molecule has 0 atom stereocenters. The predicted molar refractivity (Wildman–Crippen MR) is 110 cm³/mol. The standard InChI is InChI=1S/C20H24N2O5S2/c1-2-27-20(24)15-8-10-22(11-9-15)19(23)16-5-3-7-18(13-16)29(25,26)21-14-17-6-4-12-28-17/h3-7,12-13,15,21H,2,8-11,14H2,1H3. The first-order valence-electron chi connectivity index (χ1n) is 9.48. The van der Waals surface area contributed by atoms with Crippen molar-refractivity contribution in [1.29, 1.82) is 0 Å². The van der Waals surface area contributed by atoms with Crippen LogP contribution < -0.4 is 4.72 Å². The number of thiophene rings is 1. The maximum Gasteiger partial charge on any atom is 0.309 e. The average molecular weight is 437 g/mol. The highest BCUT2D eigenvalue weighted by atomic mass is 32.2. The van der Waals surface area contributed by atoms with Gasteiger partial charge in [-0.2, -0.15) is 0 Å². The molecule has 0 saturated carbocycles. The summed E-state index contributed by atoms with van der Waals surface area (Å²) >= 11 is 1.47. The van der Waals surface area contributed by atoms with Gasteiger partial charge in [-0.15, -0.1) is 11.3 Å². The molecule has 1 aliphatic rings. The first kappa shape index (κ1) is 21.5. The van der Waals surface area contributed by atoms with Gasteiger partial charge in [-0.05, 0) is 49.4 Å². The van der Waals surface area contributed by atoms with Gasteiger partial charge < -0.3 is 9.64 Å². The molecule has 1 N–H and O–H groups in total. The number of sulfonamides is 1. The summed E-state index contributed by atoms with van der Waals surface area (Å²) in [4.78, 5) is 27.3. The van der Waals surface area contributed by atoms with Gasteiger partial charge in [-0.3, -0.25) is 9.59 Å². The van der Waals surface area contributed by atoms with Crippen LogP contribution in [-0.4, -0.2) is 44.9 Å². The summed E-state index contributed by atoms with van der Waals surface area (Å²) in [7, 11) is -3.72. The van der Waals surface area contributed by atoms with Crippen LogP contribution in [0, 0.1) is 5.92 Å². The highest BCUT2D eigenvalue weighted by molar-refractivity contribution is 7.89. The molecule has 0 aliphatic carbocycles. The van der Waals surface area contributed by atoms with Gasteiger partial charge in [-0.25, -0.2) is 13.1 Å². The lowest BCUT2D eigenvalue weighted by Gasteiger charge is -2.31. The third-order valence-electron chi connectivity index (χ3n) is 4.81. The van der Waals surface area contributed by atoms with Gasteiger partial charge in [0.15, 0.2) is 0 Å². The maximum absolute atomic E-state index is 12.8. The van der Waals surface area contributed by atoms with Crippen LogP contribution in [0.25, 0.3) is 0 Å². The van der Waals surface area contributed by atoms with E-state index in [2.05, 4.69) is 4.72 Å². The monoisotopic (exact) mass is 436 g/mol. The Kier molecular flexibility index (Phi) is 7.05. The Bertz CT molecular complexity index is 949. The number of rotatable bonds is 7. The highest BCUT2D eigenvalue weighted by Crippen LogP contribution is 2.21. The number of piperidine rings is 1. The number of esters is 1. The molecule has 2 heterocycles. The number of amides is 1. The molecular weight excluding hydrogens is 412 g/mol. The SMILES string of the molecule is CCOC(=O)C1CCN(C(=O)c2cccc(S(=O)(=O)NCc3cccs3)c2)CC1. The summed E-state index contributed by atoms with van der Waals surface area (Å²) in [6, 6.07) is 9.76. The molecule has 29 heavy (non-hydrogen) atoms. The third kappa shape index (κ3) is 5.43. The van der Waals surface area contributed by atoms with E-state index in [4.69, 9.17) is 4.74 Å². The van der Waals surface area contributed by atoms with E-state index in [0.717, 1.165) is 4.88 Å². The minimum Gasteiger partial charge on any atom is -0.466 e. The molecule has 7 nitrogen and oxygen atoms in total. The van der Waals surface area contributed by atoms with E-state index in [9.17, 15) is 18.0 Å². The molecule has 1 amide bonds. The van der Waals surface area contributed by atoms with Crippen molar-refractivity contribution in [2.45, 2.75) is 31.2 Å². The van der Waals surface area contributed by atoms with Crippen LogP contribution in [0.15, 0.2) is 46.7 Å². The summed E-state index contributed by atoms with van der Waals surface area (Å²) in [6.07, 6.45) is 1.09. The van der Waals surface area contributed by atoms with Crippen molar-refractivity contribution >= 4 is 33.2 Å². The minimum atomic E-state index is -3.72. The van der Waals surface area contributed by atoms with Gasteiger partial charge in [0.2, 0.25) is 10.0 Å². The van der Waals surface area contributed by atoms with E-state index in [1.165, 1.54) is 23.5 Å². The first-order chi connectivity index (χ1) is 13.9. The molecular formula is C20H24N2O5S2. The number of ether oxygens (including phenoxy) is 1. The van der Waals surface area contributed by atoms with Gasteiger partial charge >= 0.3 is 5.97 Å². The molecule has 1 aromatic carbocycles. The van der Waals surface area contributed by atoms with Gasteiger partial charge in [0, 0.05) is 30.1 Å². The summed E-state index contributed by atoms with van der Waals surface area (Å²) in [6.45, 7) is 3.21. The molecule has 0 unspecified atom stereocenters. The zero-order valence-corrected chi connectivity index (χ0v) is 17.8. The molecule has 156 valence electrons. The molecule has 1 saturated heterocycles. The average Bonchev–Trinajstić information content (AvgIpc) is 3.26. The summed E-state index contributed by atoms with van der Waals surface area (Å²) in [5.41, 5.74) is 0.318. The fraction of sp³-hybridized carbons (Fsp3) is 0.400. The molecule has 1 aromatic heterocycles. The zero-order valence-electron chi connectivity index (χ0n) is 16.2. The topological polar surface area (TPSA) is 92.8 Å². The lowest BCUT2D eigenvalue weighted by Crippen LogP contribution is -2.40. The second kappa shape index (κ2) is 9.51. The molecule has 0 spiro atoms. The van der Waals surface area contributed by atoms with Crippen LogP contribution in [0.5, 0.6) is 0 Å². The van der Waals surface area contributed by atoms with Crippen molar-refractivity contribution in [3.05, 3.63) is 52.2 Å². The Labute approximate surface area is 174 Å². The van der Waals surface area contributed by atoms with E-state index in [1.807, 2.05) is 17.5 Å². The Balaban J connectivity index is 1.64. The van der Waals surface area contributed by atoms with Crippen LogP contribution in [-0.2, 0) is 26.1 Å². The van der Waals surface area contributed by atoms with Gasteiger partial charge in [-0.1, -0.05) is 12.1 Å². The molecule has 1 fully saturated rings. The third-order valence-corrected chi connectivity index (χ3v) is 7.09. The zero-order chi connectivity index (χ0) is 20.9. The van der Waals surface area contributed by atoms with Crippen molar-refractivity contribution in [1.82, 2.24) is 9.62 Å². The minimum absolute atomic E-state index is 0.0568. The molecule has 0 bridgehead atoms. The summed E-state index contributed by atoms with van der Waals surface area (Å²) in [5.74, 6) is -0.640. The number of hydrogen-bond acceptors (Lipinski definition) is 6. The Morgan fingerprint density at radius 1 is 1.21 bits per heavy atom. The maximum atomic E-state index is 12.8. The number of likely N-dealkylation sites (tertiary alicyclic amines) is 1. The summed E-state index contributed by atoms with van der Waals surface area (Å²) < 4.78 is 32.8.